The minimum atomic E-state index is -0.659. The van der Waals surface area contributed by atoms with Gasteiger partial charge in [0, 0.05) is 60.6 Å². The molecule has 0 spiro atoms. The summed E-state index contributed by atoms with van der Waals surface area (Å²) in [6.45, 7) is 6.53. The molecule has 0 saturated carbocycles. The molecule has 0 amide bonds. The van der Waals surface area contributed by atoms with Crippen LogP contribution in [0.3, 0.4) is 0 Å². The predicted molar refractivity (Wildman–Crippen MR) is 160 cm³/mol. The summed E-state index contributed by atoms with van der Waals surface area (Å²) in [7, 11) is 2.10. The molecule has 5 rings (SSSR count). The number of anilines is 1. The van der Waals surface area contributed by atoms with Crippen LogP contribution >= 0.6 is 23.2 Å². The van der Waals surface area contributed by atoms with Gasteiger partial charge in [0.2, 0.25) is 11.8 Å². The summed E-state index contributed by atoms with van der Waals surface area (Å²) in [4.78, 5) is 4.52. The number of benzene rings is 3. The number of ether oxygens (including phenoxy) is 2. The van der Waals surface area contributed by atoms with Gasteiger partial charge in [-0.05, 0) is 55.9 Å². The highest BCUT2D eigenvalue weighted by Crippen LogP contribution is 2.36. The summed E-state index contributed by atoms with van der Waals surface area (Å²) in [6, 6.07) is 13.1. The number of aromatic nitrogens is 2. The third-order valence-electron chi connectivity index (χ3n) is 6.99. The molecular weight excluding hydrogens is 584 g/mol. The van der Waals surface area contributed by atoms with E-state index in [2.05, 4.69) is 27.0 Å². The van der Waals surface area contributed by atoms with Crippen LogP contribution in [0.1, 0.15) is 17.0 Å². The maximum absolute atomic E-state index is 15.4. The van der Waals surface area contributed by atoms with Gasteiger partial charge in [0.1, 0.15) is 24.2 Å². The van der Waals surface area contributed by atoms with Gasteiger partial charge in [-0.15, -0.1) is 10.2 Å². The highest BCUT2D eigenvalue weighted by molar-refractivity contribution is 6.32. The number of aliphatic hydroxyl groups excluding tert-OH is 1. The fourth-order valence-corrected chi connectivity index (χ4v) is 5.12. The molecule has 2 heterocycles. The monoisotopic (exact) mass is 615 g/mol. The Balaban J connectivity index is 1.22. The summed E-state index contributed by atoms with van der Waals surface area (Å²) in [5.74, 6) is 0.584. The Morgan fingerprint density at radius 1 is 1.05 bits per heavy atom. The second kappa shape index (κ2) is 13.3. The lowest BCUT2D eigenvalue weighted by atomic mass is 10.1. The van der Waals surface area contributed by atoms with Crippen LogP contribution in [0.4, 0.5) is 10.1 Å². The van der Waals surface area contributed by atoms with Crippen LogP contribution < -0.4 is 15.2 Å². The zero-order valence-electron chi connectivity index (χ0n) is 23.3. The fourth-order valence-electron chi connectivity index (χ4n) is 4.70. The van der Waals surface area contributed by atoms with Crippen molar-refractivity contribution in [3.05, 3.63) is 81.4 Å². The lowest BCUT2D eigenvalue weighted by molar-refractivity contribution is 0.0504. The number of piperazine rings is 1. The molecule has 0 bridgehead atoms. The lowest BCUT2D eigenvalue weighted by Gasteiger charge is -2.33. The van der Waals surface area contributed by atoms with E-state index in [1.807, 2.05) is 19.1 Å². The first-order valence-electron chi connectivity index (χ1n) is 13.5. The van der Waals surface area contributed by atoms with Crippen LogP contribution in [0.2, 0.25) is 10.0 Å². The molecule has 12 heteroatoms. The smallest absolute Gasteiger partial charge is 0.248 e. The van der Waals surface area contributed by atoms with Crippen molar-refractivity contribution in [2.24, 2.45) is 0 Å². The molecule has 222 valence electrons. The van der Waals surface area contributed by atoms with E-state index in [0.29, 0.717) is 28.9 Å². The molecule has 1 atom stereocenters. The Hall–Kier alpha value is -3.41. The van der Waals surface area contributed by atoms with Gasteiger partial charge in [-0.1, -0.05) is 29.3 Å². The number of aryl methyl sites for hydroxylation is 1. The molecule has 3 N–H and O–H groups in total. The van der Waals surface area contributed by atoms with Crippen molar-refractivity contribution < 1.29 is 23.4 Å². The second-order valence-corrected chi connectivity index (χ2v) is 11.2. The normalized spacial score (nSPS) is 15.1. The van der Waals surface area contributed by atoms with E-state index in [9.17, 15) is 5.11 Å². The SMILES string of the molecule is Cc1cc(OC[C@@H](O)CN2CCN(C)CC2)ccc1-c1nnc(Cc2ccc(Cl)c(Oc3cc(N)cc(Cl)c3)c2F)o1. The van der Waals surface area contributed by atoms with Crippen molar-refractivity contribution in [3.63, 3.8) is 0 Å². The first-order valence-corrected chi connectivity index (χ1v) is 14.3. The highest BCUT2D eigenvalue weighted by atomic mass is 35.5. The van der Waals surface area contributed by atoms with Crippen molar-refractivity contribution >= 4 is 28.9 Å². The van der Waals surface area contributed by atoms with Crippen LogP contribution in [-0.4, -0.2) is 77.6 Å². The summed E-state index contributed by atoms with van der Waals surface area (Å²) < 4.78 is 32.8. The zero-order chi connectivity index (χ0) is 29.8. The number of aliphatic hydroxyl groups is 1. The summed E-state index contributed by atoms with van der Waals surface area (Å²) in [5, 5.41) is 19.1. The number of β-amino-alcohol motifs (C(OH)–C–C–N with tert-alkyl or cyclic N) is 1. The Bertz CT molecular complexity index is 1520. The van der Waals surface area contributed by atoms with Crippen LogP contribution in [-0.2, 0) is 6.42 Å². The molecule has 42 heavy (non-hydrogen) atoms. The number of nitrogens with zero attached hydrogens (tertiary/aromatic N) is 4. The molecule has 0 unspecified atom stereocenters. The number of nitrogens with two attached hydrogens (primary N) is 1. The number of nitrogen functional groups attached to an aromatic ring is 1. The molecule has 1 saturated heterocycles. The predicted octanol–water partition coefficient (Wildman–Crippen LogP) is 5.44. The van der Waals surface area contributed by atoms with Gasteiger partial charge in [-0.3, -0.25) is 4.90 Å². The van der Waals surface area contributed by atoms with Crippen LogP contribution in [0.5, 0.6) is 17.2 Å². The van der Waals surface area contributed by atoms with Gasteiger partial charge < -0.3 is 29.6 Å². The molecular formula is C30H32Cl2FN5O4. The number of hydrogen-bond donors (Lipinski definition) is 2. The number of likely N-dealkylation sites (N-methyl/N-ethyl adjacent to an activating group) is 1. The highest BCUT2D eigenvalue weighted by Gasteiger charge is 2.20. The first kappa shape index (κ1) is 30.1. The van der Waals surface area contributed by atoms with Gasteiger partial charge in [0.25, 0.3) is 0 Å². The maximum atomic E-state index is 15.4. The van der Waals surface area contributed by atoms with Gasteiger partial charge in [0.15, 0.2) is 11.6 Å². The molecule has 1 aromatic heterocycles. The maximum Gasteiger partial charge on any atom is 0.248 e. The number of hydrogen-bond acceptors (Lipinski definition) is 9. The second-order valence-electron chi connectivity index (χ2n) is 10.4. The fraction of sp³-hybridized carbons (Fsp3) is 0.333. The van der Waals surface area contributed by atoms with Crippen molar-refractivity contribution in [2.75, 3.05) is 52.1 Å². The quantitative estimate of drug-likeness (QED) is 0.225. The van der Waals surface area contributed by atoms with Crippen LogP contribution in [0.25, 0.3) is 11.5 Å². The number of halogens is 3. The molecule has 9 nitrogen and oxygen atoms in total. The number of rotatable bonds is 10. The van der Waals surface area contributed by atoms with E-state index in [-0.39, 0.29) is 41.0 Å². The minimum Gasteiger partial charge on any atom is -0.491 e. The van der Waals surface area contributed by atoms with E-state index in [4.69, 9.17) is 42.8 Å². The Labute approximate surface area is 253 Å². The minimum absolute atomic E-state index is 0.0233. The third-order valence-corrected chi connectivity index (χ3v) is 7.50. The molecule has 4 aromatic rings. The molecule has 0 aliphatic carbocycles. The first-order chi connectivity index (χ1) is 20.1. The Morgan fingerprint density at radius 2 is 1.83 bits per heavy atom. The van der Waals surface area contributed by atoms with Gasteiger partial charge in [0.05, 0.1) is 11.4 Å². The molecule has 1 fully saturated rings. The van der Waals surface area contributed by atoms with Crippen LogP contribution in [0.15, 0.2) is 52.9 Å². The largest absolute Gasteiger partial charge is 0.491 e. The lowest BCUT2D eigenvalue weighted by Crippen LogP contribution is -2.47. The standard InChI is InChI=1S/C30H32Cl2FN5O4/c1-18-11-23(40-17-22(39)16-38-9-7-37(2)8-10-38)4-5-25(18)30-36-35-27(42-30)12-19-3-6-26(32)29(28(19)33)41-24-14-20(31)13-21(34)15-24/h3-6,11,13-15,22,39H,7-10,12,16-17,34H2,1-2H3/t22-/m0/s1. The topological polar surface area (TPSA) is 110 Å². The van der Waals surface area contributed by atoms with E-state index >= 15 is 4.39 Å². The van der Waals surface area contributed by atoms with Gasteiger partial charge >= 0.3 is 0 Å². The zero-order valence-corrected chi connectivity index (χ0v) is 24.8. The van der Waals surface area contributed by atoms with Gasteiger partial charge in [-0.25, -0.2) is 4.39 Å². The van der Waals surface area contributed by atoms with Crippen molar-refractivity contribution in [1.82, 2.24) is 20.0 Å². The summed E-state index contributed by atoms with van der Waals surface area (Å²) >= 11 is 12.3. The Morgan fingerprint density at radius 3 is 2.57 bits per heavy atom. The molecule has 3 aromatic carbocycles. The average molecular weight is 617 g/mol. The average Bonchev–Trinajstić information content (AvgIpc) is 3.40. The summed E-state index contributed by atoms with van der Waals surface area (Å²) in [6.07, 6.45) is -0.565. The van der Waals surface area contributed by atoms with E-state index in [1.165, 1.54) is 24.3 Å². The summed E-state index contributed by atoms with van der Waals surface area (Å²) in [5.41, 5.74) is 8.02. The van der Waals surface area contributed by atoms with E-state index in [1.54, 1.807) is 12.1 Å². The van der Waals surface area contributed by atoms with Gasteiger partial charge in [-0.2, -0.15) is 0 Å². The van der Waals surface area contributed by atoms with Crippen LogP contribution in [0, 0.1) is 12.7 Å². The molecule has 0 radical (unpaired) electrons. The molecule has 1 aliphatic heterocycles. The van der Waals surface area contributed by atoms with E-state index < -0.39 is 11.9 Å². The molecule has 1 aliphatic rings. The van der Waals surface area contributed by atoms with Crippen molar-refractivity contribution in [3.8, 4) is 28.7 Å². The Kier molecular flexibility index (Phi) is 9.50. The third kappa shape index (κ3) is 7.50. The van der Waals surface area contributed by atoms with Crippen molar-refractivity contribution in [2.45, 2.75) is 19.4 Å². The van der Waals surface area contributed by atoms with Crippen molar-refractivity contribution in [1.29, 1.82) is 0 Å². The van der Waals surface area contributed by atoms with E-state index in [0.717, 1.165) is 37.3 Å².